The third kappa shape index (κ3) is 4.05. The topological polar surface area (TPSA) is 72.5 Å². The number of furan rings is 1. The minimum Gasteiger partial charge on any atom is -0.462 e. The van der Waals surface area contributed by atoms with Crippen molar-refractivity contribution in [2.75, 3.05) is 0 Å². The number of thioether (sulfide) groups is 1. The second-order valence-corrected chi connectivity index (χ2v) is 7.48. The van der Waals surface area contributed by atoms with Crippen molar-refractivity contribution in [1.29, 1.82) is 0 Å². The highest BCUT2D eigenvalue weighted by molar-refractivity contribution is 7.98. The van der Waals surface area contributed by atoms with Gasteiger partial charge in [0, 0.05) is 11.3 Å². The van der Waals surface area contributed by atoms with Crippen LogP contribution in [0.2, 0.25) is 5.15 Å². The van der Waals surface area contributed by atoms with Crippen LogP contribution in [-0.2, 0) is 5.75 Å². The van der Waals surface area contributed by atoms with E-state index in [0.717, 1.165) is 28.5 Å². The van der Waals surface area contributed by atoms with Gasteiger partial charge in [0.05, 0.1) is 11.4 Å². The zero-order valence-corrected chi connectivity index (χ0v) is 17.0. The number of nitrogens with one attached hydrogen (secondary N) is 1. The van der Waals surface area contributed by atoms with E-state index in [2.05, 4.69) is 20.3 Å². The van der Waals surface area contributed by atoms with E-state index in [0.29, 0.717) is 21.9 Å². The minimum absolute atomic E-state index is 0.611. The number of H-pyrrole nitrogens is 1. The average molecular weight is 412 g/mol. The molecule has 0 amide bonds. The maximum Gasteiger partial charge on any atom is 0.209 e. The molecule has 0 spiro atoms. The molecule has 4 aromatic rings. The van der Waals surface area contributed by atoms with Crippen molar-refractivity contribution in [2.24, 2.45) is 0 Å². The maximum absolute atomic E-state index is 6.57. The van der Waals surface area contributed by atoms with Gasteiger partial charge in [0.1, 0.15) is 22.5 Å². The Bertz CT molecular complexity index is 1110. The fourth-order valence-corrected chi connectivity index (χ4v) is 3.98. The highest BCUT2D eigenvalue weighted by Gasteiger charge is 2.15. The van der Waals surface area contributed by atoms with E-state index in [-0.39, 0.29) is 0 Å². The summed E-state index contributed by atoms with van der Waals surface area (Å²) in [6.45, 7) is 3.87. The van der Waals surface area contributed by atoms with Crippen molar-refractivity contribution in [2.45, 2.75) is 24.8 Å². The summed E-state index contributed by atoms with van der Waals surface area (Å²) in [5, 5.41) is 13.0. The molecule has 0 aliphatic heterocycles. The number of nitrogens with zero attached hydrogens (tertiary/aromatic N) is 4. The summed E-state index contributed by atoms with van der Waals surface area (Å²) in [6, 6.07) is 13.7. The molecule has 0 unspecified atom stereocenters. The molecule has 8 heteroatoms. The maximum atomic E-state index is 6.57. The lowest BCUT2D eigenvalue weighted by Gasteiger charge is -2.02. The second kappa shape index (κ2) is 8.08. The molecule has 0 fully saturated rings. The fraction of sp³-hybridized carbons (Fsp3) is 0.150. The Morgan fingerprint density at radius 3 is 2.71 bits per heavy atom. The third-order valence-electron chi connectivity index (χ3n) is 4.12. The molecule has 0 saturated carbocycles. The first-order chi connectivity index (χ1) is 13.6. The van der Waals surface area contributed by atoms with E-state index < -0.39 is 0 Å². The third-order valence-corrected chi connectivity index (χ3v) is 5.38. The number of rotatable bonds is 6. The van der Waals surface area contributed by atoms with E-state index in [1.807, 2.05) is 68.5 Å². The van der Waals surface area contributed by atoms with Crippen molar-refractivity contribution in [3.05, 3.63) is 76.2 Å². The monoisotopic (exact) mass is 411 g/mol. The van der Waals surface area contributed by atoms with E-state index >= 15 is 0 Å². The Morgan fingerprint density at radius 2 is 1.96 bits per heavy atom. The van der Waals surface area contributed by atoms with Gasteiger partial charge < -0.3 is 4.42 Å². The number of hydrogen-bond donors (Lipinski definition) is 1. The number of benzene rings is 1. The van der Waals surface area contributed by atoms with Gasteiger partial charge in [-0.1, -0.05) is 41.6 Å². The normalized spacial score (nSPS) is 11.5. The van der Waals surface area contributed by atoms with Crippen LogP contribution in [0.15, 0.2) is 52.0 Å². The molecule has 3 aromatic heterocycles. The first-order valence-electron chi connectivity index (χ1n) is 8.69. The highest BCUT2D eigenvalue weighted by atomic mass is 35.5. The first kappa shape index (κ1) is 18.6. The number of halogens is 1. The number of aromatic nitrogens is 5. The Labute approximate surface area is 171 Å². The summed E-state index contributed by atoms with van der Waals surface area (Å²) < 4.78 is 7.26. The fourth-order valence-electron chi connectivity index (χ4n) is 2.67. The van der Waals surface area contributed by atoms with Gasteiger partial charge in [-0.3, -0.25) is 5.10 Å². The zero-order chi connectivity index (χ0) is 19.5. The van der Waals surface area contributed by atoms with E-state index in [1.165, 1.54) is 11.8 Å². The molecule has 0 radical (unpaired) electrons. The number of para-hydroxylation sites is 1. The summed E-state index contributed by atoms with van der Waals surface area (Å²) in [4.78, 5) is 4.47. The summed E-state index contributed by atoms with van der Waals surface area (Å²) in [7, 11) is 0. The summed E-state index contributed by atoms with van der Waals surface area (Å²) in [5.41, 5.74) is 2.80. The lowest BCUT2D eigenvalue weighted by atomic mass is 10.3. The van der Waals surface area contributed by atoms with E-state index in [9.17, 15) is 0 Å². The smallest absolute Gasteiger partial charge is 0.209 e. The van der Waals surface area contributed by atoms with Crippen LogP contribution in [0.4, 0.5) is 0 Å². The molecule has 3 heterocycles. The van der Waals surface area contributed by atoms with Crippen molar-refractivity contribution < 1.29 is 4.42 Å². The first-order valence-corrected chi connectivity index (χ1v) is 10.1. The minimum atomic E-state index is 0.611. The molecular formula is C20H18ClN5OS. The van der Waals surface area contributed by atoms with Gasteiger partial charge in [0.25, 0.3) is 0 Å². The molecule has 6 nitrogen and oxygen atoms in total. The predicted octanol–water partition coefficient (Wildman–Crippen LogP) is 5.32. The van der Waals surface area contributed by atoms with Crippen LogP contribution in [0.5, 0.6) is 0 Å². The quantitative estimate of drug-likeness (QED) is 0.435. The Kier molecular flexibility index (Phi) is 5.36. The molecule has 4 rings (SSSR count). The SMILES string of the molecule is Cc1ccc(/C=C/c2nc(SCc3c(C)nn(-c4ccccc4)c3Cl)n[nH]2)o1. The van der Waals surface area contributed by atoms with Crippen LogP contribution in [0, 0.1) is 13.8 Å². The standard InChI is InChI=1S/C20H18ClN5OS/c1-13-8-9-16(27-13)10-11-18-22-20(24-23-18)28-12-17-14(2)25-26(19(17)21)15-6-4-3-5-7-15/h3-11H,12H2,1-2H3,(H,22,23,24)/b11-10+. The predicted molar refractivity (Wildman–Crippen MR) is 112 cm³/mol. The molecular weight excluding hydrogens is 394 g/mol. The number of aryl methyl sites for hydroxylation is 2. The lowest BCUT2D eigenvalue weighted by Crippen LogP contribution is -1.96. The van der Waals surface area contributed by atoms with Crippen molar-refractivity contribution in [3.8, 4) is 5.69 Å². The number of aromatic amines is 1. The van der Waals surface area contributed by atoms with Crippen LogP contribution in [0.25, 0.3) is 17.8 Å². The van der Waals surface area contributed by atoms with Gasteiger partial charge >= 0.3 is 0 Å². The number of hydrogen-bond acceptors (Lipinski definition) is 5. The molecule has 0 atom stereocenters. The lowest BCUT2D eigenvalue weighted by molar-refractivity contribution is 0.525. The Balaban J connectivity index is 1.45. The highest BCUT2D eigenvalue weighted by Crippen LogP contribution is 2.29. The van der Waals surface area contributed by atoms with E-state index in [1.54, 1.807) is 4.68 Å². The van der Waals surface area contributed by atoms with Crippen molar-refractivity contribution >= 4 is 35.5 Å². The molecule has 28 heavy (non-hydrogen) atoms. The summed E-state index contributed by atoms with van der Waals surface area (Å²) in [6.07, 6.45) is 3.69. The van der Waals surface area contributed by atoms with Crippen LogP contribution in [0.3, 0.4) is 0 Å². The van der Waals surface area contributed by atoms with Crippen LogP contribution in [0.1, 0.15) is 28.6 Å². The van der Waals surface area contributed by atoms with Crippen molar-refractivity contribution in [3.63, 3.8) is 0 Å². The molecule has 0 aliphatic rings. The van der Waals surface area contributed by atoms with Gasteiger partial charge in [-0.05, 0) is 50.3 Å². The largest absolute Gasteiger partial charge is 0.462 e. The Morgan fingerprint density at radius 1 is 1.14 bits per heavy atom. The van der Waals surface area contributed by atoms with Gasteiger partial charge in [0.15, 0.2) is 0 Å². The van der Waals surface area contributed by atoms with Gasteiger partial charge in [-0.2, -0.15) is 5.10 Å². The molecule has 0 aliphatic carbocycles. The molecule has 142 valence electrons. The second-order valence-electron chi connectivity index (χ2n) is 6.18. The van der Waals surface area contributed by atoms with Gasteiger partial charge in [-0.15, -0.1) is 5.10 Å². The average Bonchev–Trinajstić information content (AvgIpc) is 3.39. The van der Waals surface area contributed by atoms with Crippen molar-refractivity contribution in [1.82, 2.24) is 25.0 Å². The van der Waals surface area contributed by atoms with Crippen LogP contribution < -0.4 is 0 Å². The van der Waals surface area contributed by atoms with Crippen LogP contribution in [-0.4, -0.2) is 25.0 Å². The molecule has 0 bridgehead atoms. The molecule has 1 aromatic carbocycles. The summed E-state index contributed by atoms with van der Waals surface area (Å²) >= 11 is 8.08. The Hall–Kier alpha value is -2.77. The molecule has 1 N–H and O–H groups in total. The van der Waals surface area contributed by atoms with Gasteiger partial charge in [0.2, 0.25) is 5.16 Å². The summed E-state index contributed by atoms with van der Waals surface area (Å²) in [5.74, 6) is 2.95. The van der Waals surface area contributed by atoms with E-state index in [4.69, 9.17) is 16.0 Å². The van der Waals surface area contributed by atoms with Crippen LogP contribution >= 0.6 is 23.4 Å². The zero-order valence-electron chi connectivity index (χ0n) is 15.4. The van der Waals surface area contributed by atoms with Gasteiger partial charge in [-0.25, -0.2) is 9.67 Å². The molecule has 0 saturated heterocycles.